The summed E-state index contributed by atoms with van der Waals surface area (Å²) < 4.78 is 1.84. The third kappa shape index (κ3) is 1.58. The number of rotatable bonds is 2. The summed E-state index contributed by atoms with van der Waals surface area (Å²) in [5.41, 5.74) is 7.99. The standard InChI is InChI=1S/C9H14ClN3/c1-6-8(10)7(13(2)12-6)5-9(11)3-4-9/h3-5,11H2,1-2H3. The van der Waals surface area contributed by atoms with Crippen LogP contribution in [0, 0.1) is 6.92 Å². The predicted octanol–water partition coefficient (Wildman–Crippen LogP) is 1.42. The van der Waals surface area contributed by atoms with Crippen molar-refractivity contribution in [2.75, 3.05) is 0 Å². The molecule has 0 saturated heterocycles. The van der Waals surface area contributed by atoms with Gasteiger partial charge in [0.2, 0.25) is 0 Å². The highest BCUT2D eigenvalue weighted by molar-refractivity contribution is 6.31. The first kappa shape index (κ1) is 9.03. The van der Waals surface area contributed by atoms with E-state index >= 15 is 0 Å². The molecule has 72 valence electrons. The summed E-state index contributed by atoms with van der Waals surface area (Å²) in [4.78, 5) is 0. The van der Waals surface area contributed by atoms with E-state index in [1.54, 1.807) is 0 Å². The van der Waals surface area contributed by atoms with Crippen molar-refractivity contribution in [2.45, 2.75) is 31.7 Å². The predicted molar refractivity (Wildman–Crippen MR) is 52.8 cm³/mol. The molecular formula is C9H14ClN3. The molecule has 1 heterocycles. The summed E-state index contributed by atoms with van der Waals surface area (Å²) in [6, 6.07) is 0. The fourth-order valence-electron chi connectivity index (χ4n) is 1.54. The highest BCUT2D eigenvalue weighted by atomic mass is 35.5. The monoisotopic (exact) mass is 199 g/mol. The summed E-state index contributed by atoms with van der Waals surface area (Å²) in [7, 11) is 1.92. The molecule has 3 nitrogen and oxygen atoms in total. The van der Waals surface area contributed by atoms with E-state index in [0.29, 0.717) is 0 Å². The summed E-state index contributed by atoms with van der Waals surface area (Å²) in [5, 5.41) is 5.03. The number of hydrogen-bond donors (Lipinski definition) is 1. The van der Waals surface area contributed by atoms with E-state index in [9.17, 15) is 0 Å². The number of nitrogens with zero attached hydrogens (tertiary/aromatic N) is 2. The first-order valence-electron chi connectivity index (χ1n) is 4.49. The van der Waals surface area contributed by atoms with Gasteiger partial charge in [-0.05, 0) is 19.8 Å². The molecular weight excluding hydrogens is 186 g/mol. The molecule has 0 radical (unpaired) electrons. The maximum absolute atomic E-state index is 6.11. The molecule has 1 fully saturated rings. The molecule has 1 aliphatic rings. The smallest absolute Gasteiger partial charge is 0.0847 e. The van der Waals surface area contributed by atoms with E-state index in [4.69, 9.17) is 17.3 Å². The van der Waals surface area contributed by atoms with Gasteiger partial charge in [0.05, 0.1) is 16.4 Å². The van der Waals surface area contributed by atoms with Crippen LogP contribution in [0.5, 0.6) is 0 Å². The maximum atomic E-state index is 6.11. The van der Waals surface area contributed by atoms with Gasteiger partial charge in [-0.3, -0.25) is 4.68 Å². The van der Waals surface area contributed by atoms with Crippen molar-refractivity contribution in [3.8, 4) is 0 Å². The number of aryl methyl sites for hydroxylation is 2. The Morgan fingerprint density at radius 3 is 2.62 bits per heavy atom. The largest absolute Gasteiger partial charge is 0.325 e. The van der Waals surface area contributed by atoms with Gasteiger partial charge in [-0.2, -0.15) is 5.10 Å². The lowest BCUT2D eigenvalue weighted by Crippen LogP contribution is -2.25. The highest BCUT2D eigenvalue weighted by Crippen LogP contribution is 2.37. The Kier molecular flexibility index (Phi) is 1.89. The van der Waals surface area contributed by atoms with Gasteiger partial charge in [-0.1, -0.05) is 11.6 Å². The molecule has 0 amide bonds. The van der Waals surface area contributed by atoms with Gasteiger partial charge < -0.3 is 5.73 Å². The molecule has 0 aromatic carbocycles. The van der Waals surface area contributed by atoms with Crippen LogP contribution in [0.1, 0.15) is 24.2 Å². The molecule has 0 aliphatic heterocycles. The van der Waals surface area contributed by atoms with Crippen molar-refractivity contribution >= 4 is 11.6 Å². The normalized spacial score (nSPS) is 19.1. The SMILES string of the molecule is Cc1nn(C)c(CC2(N)CC2)c1Cl. The van der Waals surface area contributed by atoms with E-state index in [0.717, 1.165) is 35.7 Å². The summed E-state index contributed by atoms with van der Waals surface area (Å²) >= 11 is 6.11. The van der Waals surface area contributed by atoms with Crippen molar-refractivity contribution in [2.24, 2.45) is 12.8 Å². The molecule has 13 heavy (non-hydrogen) atoms. The lowest BCUT2D eigenvalue weighted by atomic mass is 10.1. The fourth-order valence-corrected chi connectivity index (χ4v) is 1.77. The molecule has 1 saturated carbocycles. The number of hydrogen-bond acceptors (Lipinski definition) is 2. The highest BCUT2D eigenvalue weighted by Gasteiger charge is 2.39. The van der Waals surface area contributed by atoms with Crippen LogP contribution in [-0.4, -0.2) is 15.3 Å². The van der Waals surface area contributed by atoms with Crippen LogP contribution in [0.15, 0.2) is 0 Å². The van der Waals surface area contributed by atoms with Gasteiger partial charge in [-0.15, -0.1) is 0 Å². The lowest BCUT2D eigenvalue weighted by molar-refractivity contribution is 0.612. The zero-order valence-corrected chi connectivity index (χ0v) is 8.73. The molecule has 0 spiro atoms. The zero-order chi connectivity index (χ0) is 9.64. The van der Waals surface area contributed by atoms with Crippen LogP contribution in [0.25, 0.3) is 0 Å². The van der Waals surface area contributed by atoms with Gasteiger partial charge in [0.15, 0.2) is 0 Å². The van der Waals surface area contributed by atoms with Crippen LogP contribution in [0.2, 0.25) is 5.02 Å². The summed E-state index contributed by atoms with van der Waals surface area (Å²) in [6.07, 6.45) is 3.06. The van der Waals surface area contributed by atoms with Crippen molar-refractivity contribution in [3.63, 3.8) is 0 Å². The molecule has 0 atom stereocenters. The van der Waals surface area contributed by atoms with Crippen LogP contribution in [-0.2, 0) is 13.5 Å². The minimum absolute atomic E-state index is 0.00384. The minimum Gasteiger partial charge on any atom is -0.325 e. The van der Waals surface area contributed by atoms with Crippen molar-refractivity contribution in [1.29, 1.82) is 0 Å². The van der Waals surface area contributed by atoms with Gasteiger partial charge in [-0.25, -0.2) is 0 Å². The second kappa shape index (κ2) is 2.72. The molecule has 1 aromatic heterocycles. The van der Waals surface area contributed by atoms with Crippen LogP contribution in [0.3, 0.4) is 0 Å². The quantitative estimate of drug-likeness (QED) is 0.783. The first-order chi connectivity index (χ1) is 6.02. The minimum atomic E-state index is 0.00384. The molecule has 1 aliphatic carbocycles. The average Bonchev–Trinajstić information content (AvgIpc) is 2.73. The lowest BCUT2D eigenvalue weighted by Gasteiger charge is -2.08. The number of nitrogens with two attached hydrogens (primary N) is 1. The van der Waals surface area contributed by atoms with Crippen molar-refractivity contribution in [1.82, 2.24) is 9.78 Å². The Hall–Kier alpha value is -0.540. The Balaban J connectivity index is 2.28. The fraction of sp³-hybridized carbons (Fsp3) is 0.667. The average molecular weight is 200 g/mol. The van der Waals surface area contributed by atoms with Crippen LogP contribution in [0.4, 0.5) is 0 Å². The van der Waals surface area contributed by atoms with Crippen molar-refractivity contribution in [3.05, 3.63) is 16.4 Å². The topological polar surface area (TPSA) is 43.8 Å². The first-order valence-corrected chi connectivity index (χ1v) is 4.86. The maximum Gasteiger partial charge on any atom is 0.0847 e. The van der Waals surface area contributed by atoms with Crippen molar-refractivity contribution < 1.29 is 0 Å². The number of aromatic nitrogens is 2. The van der Waals surface area contributed by atoms with E-state index in [2.05, 4.69) is 5.10 Å². The Bertz CT molecular complexity index is 339. The van der Waals surface area contributed by atoms with E-state index < -0.39 is 0 Å². The van der Waals surface area contributed by atoms with Crippen LogP contribution < -0.4 is 5.73 Å². The van der Waals surface area contributed by atoms with Crippen LogP contribution >= 0.6 is 11.6 Å². The second-order valence-electron chi connectivity index (χ2n) is 4.01. The van der Waals surface area contributed by atoms with Gasteiger partial charge in [0.1, 0.15) is 0 Å². The molecule has 2 rings (SSSR count). The molecule has 1 aromatic rings. The number of halogens is 1. The molecule has 4 heteroatoms. The Labute approximate surface area is 82.9 Å². The van der Waals surface area contributed by atoms with Gasteiger partial charge in [0, 0.05) is 19.0 Å². The molecule has 2 N–H and O–H groups in total. The van der Waals surface area contributed by atoms with E-state index in [-0.39, 0.29) is 5.54 Å². The molecule has 0 unspecified atom stereocenters. The van der Waals surface area contributed by atoms with E-state index in [1.165, 1.54) is 0 Å². The Morgan fingerprint density at radius 2 is 2.23 bits per heavy atom. The molecule has 0 bridgehead atoms. The van der Waals surface area contributed by atoms with Gasteiger partial charge >= 0.3 is 0 Å². The second-order valence-corrected chi connectivity index (χ2v) is 4.39. The van der Waals surface area contributed by atoms with Gasteiger partial charge in [0.25, 0.3) is 0 Å². The third-order valence-electron chi connectivity index (χ3n) is 2.67. The summed E-state index contributed by atoms with van der Waals surface area (Å²) in [6.45, 7) is 1.92. The summed E-state index contributed by atoms with van der Waals surface area (Å²) in [5.74, 6) is 0. The van der Waals surface area contributed by atoms with E-state index in [1.807, 2.05) is 18.7 Å². The zero-order valence-electron chi connectivity index (χ0n) is 7.97. The Morgan fingerprint density at radius 1 is 1.62 bits per heavy atom. The third-order valence-corrected chi connectivity index (χ3v) is 3.17.